The number of ether oxygens (including phenoxy) is 1. The van der Waals surface area contributed by atoms with Crippen molar-refractivity contribution in [1.29, 1.82) is 0 Å². The van der Waals surface area contributed by atoms with Gasteiger partial charge in [-0.15, -0.1) is 0 Å². The number of hydrogen-bond acceptors (Lipinski definition) is 6. The number of carbonyl (C=O) groups is 3. The van der Waals surface area contributed by atoms with Crippen molar-refractivity contribution in [2.24, 2.45) is 5.92 Å². The van der Waals surface area contributed by atoms with Crippen LogP contribution in [-0.4, -0.2) is 103 Å². The Morgan fingerprint density at radius 2 is 1.73 bits per heavy atom. The molecule has 202 valence electrons. The van der Waals surface area contributed by atoms with Crippen LogP contribution in [0.15, 0.2) is 35.5 Å². The summed E-state index contributed by atoms with van der Waals surface area (Å²) in [6.45, 7) is 5.72. The minimum atomic E-state index is -0.524. The van der Waals surface area contributed by atoms with Crippen molar-refractivity contribution < 1.29 is 19.1 Å². The Hall–Kier alpha value is -2.58. The predicted molar refractivity (Wildman–Crippen MR) is 143 cm³/mol. The normalized spacial score (nSPS) is 22.4. The van der Waals surface area contributed by atoms with Crippen LogP contribution < -0.4 is 0 Å². The fraction of sp³-hybridized carbons (Fsp3) is 0.607. The van der Waals surface area contributed by atoms with E-state index in [9.17, 15) is 14.4 Å². The molecule has 2 aliphatic heterocycles. The van der Waals surface area contributed by atoms with Gasteiger partial charge in [-0.1, -0.05) is 24.4 Å². The second kappa shape index (κ2) is 12.3. The topological polar surface area (TPSA) is 73.4 Å². The lowest BCUT2D eigenvalue weighted by molar-refractivity contribution is -0.145. The number of rotatable bonds is 8. The molecule has 0 N–H and O–H groups in total. The van der Waals surface area contributed by atoms with Gasteiger partial charge in [-0.2, -0.15) is 0 Å². The zero-order valence-corrected chi connectivity index (χ0v) is 23.0. The van der Waals surface area contributed by atoms with Crippen LogP contribution in [0.5, 0.6) is 0 Å². The summed E-state index contributed by atoms with van der Waals surface area (Å²) in [5.74, 6) is -0.638. The first-order chi connectivity index (χ1) is 17.8. The molecule has 1 saturated heterocycles. The van der Waals surface area contributed by atoms with E-state index in [1.807, 2.05) is 23.9 Å². The monoisotopic (exact) mass is 530 g/mol. The van der Waals surface area contributed by atoms with Crippen LogP contribution in [0.1, 0.15) is 49.4 Å². The molecular weight excluding hydrogens is 492 g/mol. The van der Waals surface area contributed by atoms with Gasteiger partial charge in [-0.3, -0.25) is 9.59 Å². The second-order valence-electron chi connectivity index (χ2n) is 10.4. The molecule has 0 bridgehead atoms. The van der Waals surface area contributed by atoms with Gasteiger partial charge in [0.25, 0.3) is 11.8 Å². The maximum absolute atomic E-state index is 13.9. The number of esters is 1. The van der Waals surface area contributed by atoms with Gasteiger partial charge in [0.05, 0.1) is 6.61 Å². The van der Waals surface area contributed by atoms with Crippen LogP contribution in [0.2, 0.25) is 5.02 Å². The van der Waals surface area contributed by atoms with Crippen molar-refractivity contribution in [2.75, 3.05) is 60.0 Å². The molecule has 3 aliphatic rings. The van der Waals surface area contributed by atoms with E-state index in [2.05, 4.69) is 9.80 Å². The van der Waals surface area contributed by atoms with Crippen molar-refractivity contribution in [1.82, 2.24) is 19.6 Å². The van der Waals surface area contributed by atoms with Crippen LogP contribution in [0, 0.1) is 5.92 Å². The van der Waals surface area contributed by atoms with Gasteiger partial charge in [-0.25, -0.2) is 4.79 Å². The maximum Gasteiger partial charge on any atom is 0.345 e. The molecule has 4 rings (SSSR count). The largest absolute Gasteiger partial charge is 0.462 e. The molecule has 0 radical (unpaired) electrons. The molecule has 37 heavy (non-hydrogen) atoms. The Morgan fingerprint density at radius 3 is 2.38 bits per heavy atom. The number of amides is 2. The predicted octanol–water partition coefficient (Wildman–Crippen LogP) is 3.27. The Morgan fingerprint density at radius 1 is 1.05 bits per heavy atom. The smallest absolute Gasteiger partial charge is 0.345 e. The zero-order valence-electron chi connectivity index (χ0n) is 22.2. The van der Waals surface area contributed by atoms with Crippen molar-refractivity contribution in [3.05, 3.63) is 46.1 Å². The Bertz CT molecular complexity index is 1020. The van der Waals surface area contributed by atoms with Crippen molar-refractivity contribution >= 4 is 29.4 Å². The molecule has 1 saturated carbocycles. The zero-order chi connectivity index (χ0) is 26.5. The molecule has 0 spiro atoms. The second-order valence-corrected chi connectivity index (χ2v) is 10.8. The summed E-state index contributed by atoms with van der Waals surface area (Å²) in [6.07, 6.45) is 4.93. The van der Waals surface area contributed by atoms with E-state index < -0.39 is 5.97 Å². The number of halogens is 1. The third-order valence-corrected chi connectivity index (χ3v) is 7.95. The minimum Gasteiger partial charge on any atom is -0.462 e. The van der Waals surface area contributed by atoms with E-state index in [-0.39, 0.29) is 36.0 Å². The van der Waals surface area contributed by atoms with Crippen LogP contribution in [-0.2, 0) is 14.3 Å². The van der Waals surface area contributed by atoms with Gasteiger partial charge >= 0.3 is 5.97 Å². The van der Waals surface area contributed by atoms with Gasteiger partial charge in [0.1, 0.15) is 5.57 Å². The maximum atomic E-state index is 13.9. The van der Waals surface area contributed by atoms with Gasteiger partial charge in [-0.05, 0) is 71.1 Å². The molecule has 1 aliphatic carbocycles. The molecular formula is C28H39ClN4O4. The number of fused-ring (bicyclic) bond motifs is 1. The fourth-order valence-corrected chi connectivity index (χ4v) is 6.06. The van der Waals surface area contributed by atoms with Crippen LogP contribution >= 0.6 is 11.6 Å². The minimum absolute atomic E-state index is 0.0294. The molecule has 9 heteroatoms. The number of hydrogen-bond donors (Lipinski definition) is 0. The number of piperazine rings is 1. The molecule has 1 aromatic rings. The summed E-state index contributed by atoms with van der Waals surface area (Å²) >= 11 is 5.98. The third-order valence-electron chi connectivity index (χ3n) is 7.69. The first kappa shape index (κ1) is 27.5. The summed E-state index contributed by atoms with van der Waals surface area (Å²) in [7, 11) is 4.06. The quantitative estimate of drug-likeness (QED) is 0.379. The van der Waals surface area contributed by atoms with Crippen LogP contribution in [0.3, 0.4) is 0 Å². The molecule has 2 atom stereocenters. The van der Waals surface area contributed by atoms with E-state index in [1.54, 1.807) is 31.2 Å². The summed E-state index contributed by atoms with van der Waals surface area (Å²) in [6, 6.07) is 7.04. The van der Waals surface area contributed by atoms with Crippen molar-refractivity contribution in [2.45, 2.75) is 45.1 Å². The summed E-state index contributed by atoms with van der Waals surface area (Å²) in [5, 5.41) is 0.597. The van der Waals surface area contributed by atoms with E-state index in [0.29, 0.717) is 43.3 Å². The van der Waals surface area contributed by atoms with E-state index in [4.69, 9.17) is 16.3 Å². The highest BCUT2D eigenvalue weighted by Crippen LogP contribution is 2.41. The molecule has 2 amide bonds. The van der Waals surface area contributed by atoms with E-state index in [0.717, 1.165) is 44.3 Å². The molecule has 8 nitrogen and oxygen atoms in total. The number of benzene rings is 1. The molecule has 2 fully saturated rings. The summed E-state index contributed by atoms with van der Waals surface area (Å²) in [5.41, 5.74) is 1.65. The van der Waals surface area contributed by atoms with E-state index >= 15 is 0 Å². The lowest BCUT2D eigenvalue weighted by atomic mass is 9.76. The van der Waals surface area contributed by atoms with Gasteiger partial charge in [0.15, 0.2) is 0 Å². The molecule has 2 heterocycles. The first-order valence-corrected chi connectivity index (χ1v) is 13.9. The average Bonchev–Trinajstić information content (AvgIpc) is 2.89. The Labute approximate surface area is 225 Å². The molecule has 1 aromatic carbocycles. The highest BCUT2D eigenvalue weighted by Gasteiger charge is 2.47. The Balaban J connectivity index is 1.58. The lowest BCUT2D eigenvalue weighted by Crippen LogP contribution is -2.57. The van der Waals surface area contributed by atoms with Crippen LogP contribution in [0.4, 0.5) is 0 Å². The summed E-state index contributed by atoms with van der Waals surface area (Å²) < 4.78 is 5.42. The molecule has 0 aromatic heterocycles. The van der Waals surface area contributed by atoms with Crippen molar-refractivity contribution in [3.63, 3.8) is 0 Å². The fourth-order valence-electron chi connectivity index (χ4n) is 5.93. The van der Waals surface area contributed by atoms with Gasteiger partial charge in [0.2, 0.25) is 0 Å². The molecule has 2 unspecified atom stereocenters. The van der Waals surface area contributed by atoms with E-state index in [1.165, 1.54) is 0 Å². The highest BCUT2D eigenvalue weighted by molar-refractivity contribution is 6.30. The third kappa shape index (κ3) is 6.12. The first-order valence-electron chi connectivity index (χ1n) is 13.5. The van der Waals surface area contributed by atoms with Crippen molar-refractivity contribution in [3.8, 4) is 0 Å². The van der Waals surface area contributed by atoms with Crippen LogP contribution in [0.25, 0.3) is 0 Å². The van der Waals surface area contributed by atoms with Gasteiger partial charge in [0, 0.05) is 61.0 Å². The standard InChI is InChI=1S/C28H39ClN4O4/c1-4-37-28(36)24-25(22-8-5-6-9-23(22)33(27(24)35)15-7-14-30(2)3)31-16-18-32(19-17-31)26(34)20-10-12-21(29)13-11-20/h10-13,22-23H,4-9,14-19H2,1-3H3. The SMILES string of the molecule is CCOC(=O)C1=C(N2CCN(C(=O)c3ccc(Cl)cc3)CC2)C2CCCCC2N(CCCN(C)C)C1=O. The number of carbonyl (C=O) groups excluding carboxylic acids is 3. The average molecular weight is 531 g/mol. The lowest BCUT2D eigenvalue weighted by Gasteiger charge is -2.49. The summed E-state index contributed by atoms with van der Waals surface area (Å²) in [4.78, 5) is 48.2. The highest BCUT2D eigenvalue weighted by atomic mass is 35.5. The van der Waals surface area contributed by atoms with Gasteiger partial charge < -0.3 is 24.3 Å². The Kier molecular flexibility index (Phi) is 9.13. The number of nitrogens with zero attached hydrogens (tertiary/aromatic N) is 4.